The van der Waals surface area contributed by atoms with Crippen LogP contribution in [0.4, 0.5) is 0 Å². The fourth-order valence-corrected chi connectivity index (χ4v) is 3.45. The maximum atomic E-state index is 12.8. The van der Waals surface area contributed by atoms with E-state index in [1.165, 1.54) is 0 Å². The van der Waals surface area contributed by atoms with Crippen molar-refractivity contribution in [2.24, 2.45) is 0 Å². The second kappa shape index (κ2) is 9.43. The summed E-state index contributed by atoms with van der Waals surface area (Å²) < 4.78 is 0. The van der Waals surface area contributed by atoms with Gasteiger partial charge in [-0.05, 0) is 23.3 Å². The Bertz CT molecular complexity index is 502. The molecule has 2 unspecified atom stereocenters. The highest BCUT2D eigenvalue weighted by Crippen LogP contribution is 2.28. The number of pyridine rings is 2. The van der Waals surface area contributed by atoms with Crippen molar-refractivity contribution >= 4 is 54.6 Å². The molecule has 2 atom stereocenters. The van der Waals surface area contributed by atoms with Crippen LogP contribution in [0.15, 0.2) is 49.1 Å². The minimum absolute atomic E-state index is 0. The van der Waals surface area contributed by atoms with Gasteiger partial charge in [0.25, 0.3) is 0 Å². The summed E-state index contributed by atoms with van der Waals surface area (Å²) in [7, 11) is 0. The van der Waals surface area contributed by atoms with Crippen molar-refractivity contribution in [3.63, 3.8) is 0 Å². The maximum absolute atomic E-state index is 12.8. The highest BCUT2D eigenvalue weighted by molar-refractivity contribution is 9.09. The van der Waals surface area contributed by atoms with E-state index in [-0.39, 0.29) is 34.6 Å². The standard InChI is InChI=1S/C15H14Br2N2O.BrH/c16-7-13(11-3-1-5-18-9-11)15(20)14(8-17)12-4-2-6-19-10-12;/h1-6,9-10,13-14H,7-8H2;1H. The van der Waals surface area contributed by atoms with Crippen molar-refractivity contribution in [1.29, 1.82) is 0 Å². The van der Waals surface area contributed by atoms with Gasteiger partial charge in [0.15, 0.2) is 0 Å². The number of Topliss-reactive ketones (excluding diaryl/α,β-unsaturated/α-hetero) is 1. The van der Waals surface area contributed by atoms with E-state index in [0.29, 0.717) is 10.7 Å². The Morgan fingerprint density at radius 3 is 1.67 bits per heavy atom. The number of ketones is 1. The molecule has 0 aromatic carbocycles. The molecule has 0 saturated heterocycles. The molecule has 0 N–H and O–H groups in total. The van der Waals surface area contributed by atoms with Crippen LogP contribution < -0.4 is 0 Å². The average Bonchev–Trinajstić information content (AvgIpc) is 2.51. The van der Waals surface area contributed by atoms with E-state index < -0.39 is 0 Å². The van der Waals surface area contributed by atoms with E-state index in [4.69, 9.17) is 0 Å². The summed E-state index contributed by atoms with van der Waals surface area (Å²) >= 11 is 6.89. The lowest BCUT2D eigenvalue weighted by atomic mass is 9.87. The Balaban J connectivity index is 0.00000220. The average molecular weight is 479 g/mol. The molecule has 0 saturated carbocycles. The van der Waals surface area contributed by atoms with Crippen LogP contribution in [0, 0.1) is 0 Å². The van der Waals surface area contributed by atoms with Crippen LogP contribution in [0.2, 0.25) is 0 Å². The van der Waals surface area contributed by atoms with E-state index in [9.17, 15) is 4.79 Å². The van der Waals surface area contributed by atoms with E-state index in [2.05, 4.69) is 41.8 Å². The van der Waals surface area contributed by atoms with Gasteiger partial charge in [0.2, 0.25) is 0 Å². The lowest BCUT2D eigenvalue weighted by Crippen LogP contribution is -2.23. The number of aromatic nitrogens is 2. The lowest BCUT2D eigenvalue weighted by molar-refractivity contribution is -0.121. The molecule has 0 aliphatic heterocycles. The second-order valence-electron chi connectivity index (χ2n) is 4.39. The number of hydrogen-bond donors (Lipinski definition) is 0. The number of rotatable bonds is 6. The third-order valence-corrected chi connectivity index (χ3v) is 4.46. The summed E-state index contributed by atoms with van der Waals surface area (Å²) in [6.45, 7) is 0. The first-order valence-corrected chi connectivity index (χ1v) is 8.47. The van der Waals surface area contributed by atoms with Crippen molar-refractivity contribution < 1.29 is 4.79 Å². The number of carbonyl (C=O) groups excluding carboxylic acids is 1. The maximum Gasteiger partial charge on any atom is 0.149 e. The predicted octanol–water partition coefficient (Wildman–Crippen LogP) is 4.28. The zero-order valence-electron chi connectivity index (χ0n) is 11.2. The van der Waals surface area contributed by atoms with Gasteiger partial charge in [0, 0.05) is 35.4 Å². The zero-order valence-corrected chi connectivity index (χ0v) is 16.0. The van der Waals surface area contributed by atoms with Crippen LogP contribution in [-0.2, 0) is 4.79 Å². The molecule has 0 aliphatic carbocycles. The van der Waals surface area contributed by atoms with Gasteiger partial charge in [-0.2, -0.15) is 0 Å². The molecule has 3 nitrogen and oxygen atoms in total. The topological polar surface area (TPSA) is 42.9 Å². The Kier molecular flexibility index (Phi) is 8.29. The third kappa shape index (κ3) is 4.69. The molecule has 0 radical (unpaired) electrons. The first-order chi connectivity index (χ1) is 9.77. The van der Waals surface area contributed by atoms with Crippen LogP contribution in [0.1, 0.15) is 23.0 Å². The van der Waals surface area contributed by atoms with Gasteiger partial charge in [-0.15, -0.1) is 17.0 Å². The largest absolute Gasteiger partial charge is 0.298 e. The number of carbonyl (C=O) groups is 1. The van der Waals surface area contributed by atoms with Gasteiger partial charge < -0.3 is 0 Å². The monoisotopic (exact) mass is 476 g/mol. The number of nitrogens with zero attached hydrogens (tertiary/aromatic N) is 2. The van der Waals surface area contributed by atoms with Crippen LogP contribution in [0.3, 0.4) is 0 Å². The summed E-state index contributed by atoms with van der Waals surface area (Å²) in [4.78, 5) is 21.0. The normalized spacial score (nSPS) is 13.0. The second-order valence-corrected chi connectivity index (χ2v) is 5.68. The van der Waals surface area contributed by atoms with Gasteiger partial charge in [-0.3, -0.25) is 14.8 Å². The molecule has 0 spiro atoms. The Labute approximate surface area is 151 Å². The van der Waals surface area contributed by atoms with Crippen LogP contribution in [-0.4, -0.2) is 26.4 Å². The van der Waals surface area contributed by atoms with Gasteiger partial charge in [0.05, 0.1) is 11.8 Å². The molecule has 0 aliphatic rings. The summed E-state index contributed by atoms with van der Waals surface area (Å²) in [5.41, 5.74) is 1.87. The number of hydrogen-bond acceptors (Lipinski definition) is 3. The van der Waals surface area contributed by atoms with Gasteiger partial charge in [0.1, 0.15) is 5.78 Å². The molecule has 2 aromatic heterocycles. The van der Waals surface area contributed by atoms with Crippen molar-refractivity contribution in [3.05, 3.63) is 60.2 Å². The summed E-state index contributed by atoms with van der Waals surface area (Å²) in [5, 5.41) is 1.17. The van der Waals surface area contributed by atoms with E-state index in [1.54, 1.807) is 24.8 Å². The lowest BCUT2D eigenvalue weighted by Gasteiger charge is -2.19. The van der Waals surface area contributed by atoms with Crippen LogP contribution in [0.25, 0.3) is 0 Å². The third-order valence-electron chi connectivity index (χ3n) is 3.17. The molecule has 2 aromatic rings. The van der Waals surface area contributed by atoms with Crippen LogP contribution in [0.5, 0.6) is 0 Å². The minimum atomic E-state index is -0.202. The molecular weight excluding hydrogens is 464 g/mol. The Hall–Kier alpha value is -0.590. The molecule has 21 heavy (non-hydrogen) atoms. The molecule has 0 bridgehead atoms. The molecule has 0 amide bonds. The van der Waals surface area contributed by atoms with Crippen LogP contribution >= 0.6 is 48.8 Å². The molecular formula is C15H15Br3N2O. The predicted molar refractivity (Wildman–Crippen MR) is 96.9 cm³/mol. The van der Waals surface area contributed by atoms with Gasteiger partial charge >= 0.3 is 0 Å². The first kappa shape index (κ1) is 18.5. The quantitative estimate of drug-likeness (QED) is 0.582. The molecule has 112 valence electrons. The first-order valence-electron chi connectivity index (χ1n) is 6.23. The SMILES string of the molecule is Br.O=C(C(CBr)c1cccnc1)C(CBr)c1cccnc1. The summed E-state index contributed by atoms with van der Waals surface area (Å²) in [6, 6.07) is 7.58. The molecule has 6 heteroatoms. The Morgan fingerprint density at radius 1 is 0.952 bits per heavy atom. The van der Waals surface area contributed by atoms with Gasteiger partial charge in [-0.1, -0.05) is 44.0 Å². The van der Waals surface area contributed by atoms with Crippen molar-refractivity contribution in [2.75, 3.05) is 10.7 Å². The molecule has 0 fully saturated rings. The van der Waals surface area contributed by atoms with Crippen molar-refractivity contribution in [3.8, 4) is 0 Å². The molecule has 2 heterocycles. The fourth-order valence-electron chi connectivity index (χ4n) is 2.07. The highest BCUT2D eigenvalue weighted by atomic mass is 79.9. The van der Waals surface area contributed by atoms with E-state index in [0.717, 1.165) is 11.1 Å². The van der Waals surface area contributed by atoms with E-state index >= 15 is 0 Å². The van der Waals surface area contributed by atoms with Crippen molar-refractivity contribution in [1.82, 2.24) is 9.97 Å². The summed E-state index contributed by atoms with van der Waals surface area (Å²) in [5.74, 6) is -0.238. The number of halogens is 3. The Morgan fingerprint density at radius 2 is 1.38 bits per heavy atom. The fraction of sp³-hybridized carbons (Fsp3) is 0.267. The zero-order chi connectivity index (χ0) is 14.4. The van der Waals surface area contributed by atoms with Gasteiger partial charge in [-0.25, -0.2) is 0 Å². The minimum Gasteiger partial charge on any atom is -0.298 e. The number of alkyl halides is 2. The highest BCUT2D eigenvalue weighted by Gasteiger charge is 2.28. The smallest absolute Gasteiger partial charge is 0.149 e. The van der Waals surface area contributed by atoms with Crippen molar-refractivity contribution in [2.45, 2.75) is 11.8 Å². The van der Waals surface area contributed by atoms with E-state index in [1.807, 2.05) is 24.3 Å². The summed E-state index contributed by atoms with van der Waals surface area (Å²) in [6.07, 6.45) is 6.92. The molecule has 2 rings (SSSR count).